The van der Waals surface area contributed by atoms with Gasteiger partial charge in [-0.15, -0.1) is 0 Å². The fourth-order valence-corrected chi connectivity index (χ4v) is 1.77. The first-order valence-corrected chi connectivity index (χ1v) is 4.78. The van der Waals surface area contributed by atoms with E-state index in [9.17, 15) is 0 Å². The summed E-state index contributed by atoms with van der Waals surface area (Å²) in [5.41, 5.74) is 5.72. The molecular weight excluding hydrogens is 180 g/mol. The van der Waals surface area contributed by atoms with Crippen LogP contribution in [0, 0.1) is 0 Å². The van der Waals surface area contributed by atoms with Gasteiger partial charge in [0.25, 0.3) is 0 Å². The second kappa shape index (κ2) is 3.59. The van der Waals surface area contributed by atoms with E-state index in [1.165, 1.54) is 0 Å². The van der Waals surface area contributed by atoms with Crippen LogP contribution in [0.1, 0.15) is 11.9 Å². The molecule has 5 heteroatoms. The Labute approximate surface area is 83.5 Å². The van der Waals surface area contributed by atoms with Gasteiger partial charge in [0.2, 0.25) is 5.88 Å². The summed E-state index contributed by atoms with van der Waals surface area (Å²) < 4.78 is 7.49. The van der Waals surface area contributed by atoms with Crippen LogP contribution in [0.15, 0.2) is 6.20 Å². The Kier molecular flexibility index (Phi) is 2.43. The first-order valence-electron chi connectivity index (χ1n) is 4.78. The van der Waals surface area contributed by atoms with Gasteiger partial charge in [-0.3, -0.25) is 9.47 Å². The fraction of sp³-hybridized carbons (Fsp3) is 0.667. The average molecular weight is 196 g/mol. The standard InChI is InChI=1S/C9H16N4O/c1-12(2)7(5-10)9-11-6-8-13(9)3-4-14-8/h6-7H,3-5,10H2,1-2H3. The molecule has 1 aromatic heterocycles. The maximum absolute atomic E-state index is 5.72. The zero-order chi connectivity index (χ0) is 10.1. The van der Waals surface area contributed by atoms with Crippen molar-refractivity contribution in [3.8, 4) is 5.88 Å². The molecule has 1 unspecified atom stereocenters. The Bertz CT molecular complexity index is 321. The van der Waals surface area contributed by atoms with E-state index in [0.717, 1.165) is 24.9 Å². The summed E-state index contributed by atoms with van der Waals surface area (Å²) in [5, 5.41) is 0. The van der Waals surface area contributed by atoms with Crippen molar-refractivity contribution in [2.45, 2.75) is 12.6 Å². The fourth-order valence-electron chi connectivity index (χ4n) is 1.77. The lowest BCUT2D eigenvalue weighted by Crippen LogP contribution is -2.29. The molecule has 0 aliphatic carbocycles. The number of nitrogens with zero attached hydrogens (tertiary/aromatic N) is 3. The van der Waals surface area contributed by atoms with Gasteiger partial charge in [0, 0.05) is 6.54 Å². The first-order chi connectivity index (χ1) is 6.74. The summed E-state index contributed by atoms with van der Waals surface area (Å²) in [4.78, 5) is 6.42. The minimum atomic E-state index is 0.172. The van der Waals surface area contributed by atoms with Crippen molar-refractivity contribution < 1.29 is 4.74 Å². The van der Waals surface area contributed by atoms with Gasteiger partial charge in [0.1, 0.15) is 12.4 Å². The number of hydrogen-bond donors (Lipinski definition) is 1. The number of hydrogen-bond acceptors (Lipinski definition) is 4. The quantitative estimate of drug-likeness (QED) is 0.729. The number of imidazole rings is 1. The van der Waals surface area contributed by atoms with Crippen molar-refractivity contribution >= 4 is 0 Å². The van der Waals surface area contributed by atoms with Crippen molar-refractivity contribution in [2.75, 3.05) is 27.2 Å². The third kappa shape index (κ3) is 1.38. The lowest BCUT2D eigenvalue weighted by Gasteiger charge is -2.21. The van der Waals surface area contributed by atoms with Gasteiger partial charge in [-0.1, -0.05) is 0 Å². The van der Waals surface area contributed by atoms with Crippen molar-refractivity contribution in [2.24, 2.45) is 5.73 Å². The topological polar surface area (TPSA) is 56.3 Å². The lowest BCUT2D eigenvalue weighted by molar-refractivity contribution is 0.287. The Hall–Kier alpha value is -1.07. The molecule has 0 fully saturated rings. The van der Waals surface area contributed by atoms with Crippen LogP contribution in [0.5, 0.6) is 5.88 Å². The Morgan fingerprint density at radius 3 is 3.14 bits per heavy atom. The van der Waals surface area contributed by atoms with Gasteiger partial charge in [-0.05, 0) is 14.1 Å². The van der Waals surface area contributed by atoms with Gasteiger partial charge >= 0.3 is 0 Å². The van der Waals surface area contributed by atoms with Crippen molar-refractivity contribution in [3.05, 3.63) is 12.0 Å². The van der Waals surface area contributed by atoms with E-state index in [1.807, 2.05) is 14.1 Å². The van der Waals surface area contributed by atoms with E-state index < -0.39 is 0 Å². The van der Waals surface area contributed by atoms with Crippen LogP contribution in [-0.2, 0) is 6.54 Å². The van der Waals surface area contributed by atoms with E-state index in [4.69, 9.17) is 10.5 Å². The van der Waals surface area contributed by atoms with Crippen LogP contribution in [0.3, 0.4) is 0 Å². The summed E-state index contributed by atoms with van der Waals surface area (Å²) in [6.07, 6.45) is 1.77. The highest BCUT2D eigenvalue weighted by atomic mass is 16.5. The third-order valence-electron chi connectivity index (χ3n) is 2.56. The number of aromatic nitrogens is 2. The van der Waals surface area contributed by atoms with Gasteiger partial charge in [-0.2, -0.15) is 0 Å². The molecule has 1 atom stereocenters. The van der Waals surface area contributed by atoms with Crippen LogP contribution < -0.4 is 10.5 Å². The van der Waals surface area contributed by atoms with Crippen LogP contribution in [-0.4, -0.2) is 41.7 Å². The van der Waals surface area contributed by atoms with Gasteiger partial charge in [0.15, 0.2) is 0 Å². The number of nitrogens with two attached hydrogens (primary N) is 1. The highest BCUT2D eigenvalue weighted by Gasteiger charge is 2.23. The molecule has 2 N–H and O–H groups in total. The second-order valence-corrected chi connectivity index (χ2v) is 3.67. The molecule has 2 heterocycles. The van der Waals surface area contributed by atoms with E-state index in [2.05, 4.69) is 14.5 Å². The third-order valence-corrected chi connectivity index (χ3v) is 2.56. The molecule has 0 aromatic carbocycles. The Morgan fingerprint density at radius 2 is 2.50 bits per heavy atom. The summed E-state index contributed by atoms with van der Waals surface area (Å²) in [5.74, 6) is 1.87. The highest BCUT2D eigenvalue weighted by Crippen LogP contribution is 2.25. The normalized spacial score (nSPS) is 16.9. The van der Waals surface area contributed by atoms with Crippen LogP contribution in [0.25, 0.3) is 0 Å². The summed E-state index contributed by atoms with van der Waals surface area (Å²) in [6, 6.07) is 0.172. The van der Waals surface area contributed by atoms with Gasteiger partial charge in [-0.25, -0.2) is 4.98 Å². The highest BCUT2D eigenvalue weighted by molar-refractivity contribution is 5.17. The molecule has 2 rings (SSSR count). The monoisotopic (exact) mass is 196 g/mol. The summed E-state index contributed by atoms with van der Waals surface area (Å²) >= 11 is 0. The van der Waals surface area contributed by atoms with Gasteiger partial charge < -0.3 is 10.5 Å². The maximum Gasteiger partial charge on any atom is 0.214 e. The summed E-state index contributed by atoms with van der Waals surface area (Å²) in [6.45, 7) is 2.20. The molecule has 1 aromatic rings. The van der Waals surface area contributed by atoms with Crippen LogP contribution in [0.4, 0.5) is 0 Å². The second-order valence-electron chi connectivity index (χ2n) is 3.67. The molecule has 78 valence electrons. The average Bonchev–Trinajstić information content (AvgIpc) is 2.69. The van der Waals surface area contributed by atoms with Crippen LogP contribution in [0.2, 0.25) is 0 Å². The molecule has 1 aliphatic heterocycles. The molecule has 0 spiro atoms. The molecule has 5 nitrogen and oxygen atoms in total. The molecule has 0 saturated carbocycles. The van der Waals surface area contributed by atoms with Crippen LogP contribution >= 0.6 is 0 Å². The largest absolute Gasteiger partial charge is 0.476 e. The molecule has 0 bridgehead atoms. The minimum absolute atomic E-state index is 0.172. The number of ether oxygens (including phenoxy) is 1. The lowest BCUT2D eigenvalue weighted by atomic mass is 10.2. The van der Waals surface area contributed by atoms with E-state index in [1.54, 1.807) is 6.20 Å². The predicted octanol–water partition coefficient (Wildman–Crippen LogP) is -0.163. The number of likely N-dealkylation sites (N-methyl/N-ethyl adjacent to an activating group) is 1. The van der Waals surface area contributed by atoms with E-state index in [-0.39, 0.29) is 6.04 Å². The van der Waals surface area contributed by atoms with Crippen molar-refractivity contribution in [1.29, 1.82) is 0 Å². The zero-order valence-corrected chi connectivity index (χ0v) is 8.60. The molecule has 0 saturated heterocycles. The number of rotatable bonds is 3. The summed E-state index contributed by atoms with van der Waals surface area (Å²) in [7, 11) is 4.02. The van der Waals surface area contributed by atoms with E-state index in [0.29, 0.717) is 6.54 Å². The Balaban J connectivity index is 2.30. The predicted molar refractivity (Wildman–Crippen MR) is 53.2 cm³/mol. The van der Waals surface area contributed by atoms with E-state index >= 15 is 0 Å². The minimum Gasteiger partial charge on any atom is -0.476 e. The van der Waals surface area contributed by atoms with Crippen molar-refractivity contribution in [3.63, 3.8) is 0 Å². The van der Waals surface area contributed by atoms with Gasteiger partial charge in [0.05, 0.1) is 18.8 Å². The SMILES string of the molecule is CN(C)C(CN)c1ncc2n1CCO2. The maximum atomic E-state index is 5.72. The molecule has 0 amide bonds. The number of fused-ring (bicyclic) bond motifs is 1. The zero-order valence-electron chi connectivity index (χ0n) is 8.60. The first kappa shape index (κ1) is 9.48. The smallest absolute Gasteiger partial charge is 0.214 e. The molecule has 1 aliphatic rings. The Morgan fingerprint density at radius 1 is 1.71 bits per heavy atom. The van der Waals surface area contributed by atoms with Crippen molar-refractivity contribution in [1.82, 2.24) is 14.5 Å². The molecule has 14 heavy (non-hydrogen) atoms. The molecular formula is C9H16N4O. The molecule has 0 radical (unpaired) electrons.